The summed E-state index contributed by atoms with van der Waals surface area (Å²) >= 11 is 0. The zero-order chi connectivity index (χ0) is 18.4. The molecular weight excluding hydrogens is 332 g/mol. The van der Waals surface area contributed by atoms with Gasteiger partial charge >= 0.3 is 5.97 Å². The molecule has 3 aromatic rings. The van der Waals surface area contributed by atoms with Gasteiger partial charge in [0.05, 0.1) is 12.2 Å². The minimum absolute atomic E-state index is 0.189. The molecule has 3 rings (SSSR count). The van der Waals surface area contributed by atoms with E-state index >= 15 is 0 Å². The first-order valence-corrected chi connectivity index (χ1v) is 8.24. The van der Waals surface area contributed by atoms with Gasteiger partial charge in [-0.25, -0.2) is 4.79 Å². The smallest absolute Gasteiger partial charge is 0.338 e. The van der Waals surface area contributed by atoms with Crippen molar-refractivity contribution in [3.63, 3.8) is 0 Å². The maximum atomic E-state index is 12.3. The molecule has 2 aromatic carbocycles. The van der Waals surface area contributed by atoms with Gasteiger partial charge in [0.2, 0.25) is 5.95 Å². The molecule has 1 heterocycles. The summed E-state index contributed by atoms with van der Waals surface area (Å²) < 4.78 is 5.11. The van der Waals surface area contributed by atoms with Crippen molar-refractivity contribution < 1.29 is 9.53 Å². The van der Waals surface area contributed by atoms with Crippen LogP contribution in [-0.4, -0.2) is 27.8 Å². The Morgan fingerprint density at radius 3 is 2.65 bits per heavy atom. The first-order valence-electron chi connectivity index (χ1n) is 8.24. The summed E-state index contributed by atoms with van der Waals surface area (Å²) in [5, 5.41) is 10.9. The number of aromatic amines is 1. The average molecular weight is 350 g/mol. The Bertz CT molecular complexity index is 954. The van der Waals surface area contributed by atoms with Gasteiger partial charge in [-0.3, -0.25) is 9.78 Å². The number of carbonyl (C=O) groups is 1. The maximum Gasteiger partial charge on any atom is 0.338 e. The van der Waals surface area contributed by atoms with E-state index in [0.717, 1.165) is 6.42 Å². The van der Waals surface area contributed by atoms with Crippen LogP contribution in [0.25, 0.3) is 11.3 Å². The molecule has 0 unspecified atom stereocenters. The van der Waals surface area contributed by atoms with Crippen molar-refractivity contribution in [3.05, 3.63) is 70.5 Å². The monoisotopic (exact) mass is 350 g/mol. The molecule has 2 N–H and O–H groups in total. The van der Waals surface area contributed by atoms with Crippen molar-refractivity contribution >= 4 is 17.6 Å². The zero-order valence-corrected chi connectivity index (χ0v) is 14.2. The molecule has 0 fully saturated rings. The van der Waals surface area contributed by atoms with Crippen molar-refractivity contribution in [2.24, 2.45) is 0 Å². The molecule has 0 bridgehead atoms. The molecule has 0 aliphatic rings. The minimum Gasteiger partial charge on any atom is -0.462 e. The lowest BCUT2D eigenvalue weighted by atomic mass is 10.2. The summed E-state index contributed by atoms with van der Waals surface area (Å²) in [4.78, 5) is 26.8. The molecule has 0 saturated carbocycles. The molecule has 26 heavy (non-hydrogen) atoms. The average Bonchev–Trinajstić information content (AvgIpc) is 2.67. The van der Waals surface area contributed by atoms with Crippen LogP contribution in [0.1, 0.15) is 23.7 Å². The third kappa shape index (κ3) is 4.13. The number of H-pyrrole nitrogens is 1. The van der Waals surface area contributed by atoms with Crippen molar-refractivity contribution in [2.45, 2.75) is 13.3 Å². The highest BCUT2D eigenvalue weighted by Crippen LogP contribution is 2.16. The van der Waals surface area contributed by atoms with Crippen molar-refractivity contribution in [2.75, 3.05) is 11.9 Å². The summed E-state index contributed by atoms with van der Waals surface area (Å²) in [6.45, 7) is 2.30. The molecule has 0 spiro atoms. The number of hydrogen-bond donors (Lipinski definition) is 2. The van der Waals surface area contributed by atoms with Crippen molar-refractivity contribution in [3.8, 4) is 11.3 Å². The fraction of sp³-hybridized carbons (Fsp3) is 0.158. The highest BCUT2D eigenvalue weighted by atomic mass is 16.5. The van der Waals surface area contributed by atoms with E-state index in [1.54, 1.807) is 36.4 Å². The summed E-state index contributed by atoms with van der Waals surface area (Å²) in [6.07, 6.45) is 0.758. The number of aromatic nitrogens is 3. The van der Waals surface area contributed by atoms with E-state index in [2.05, 4.69) is 20.5 Å². The van der Waals surface area contributed by atoms with Gasteiger partial charge in [0.15, 0.2) is 5.69 Å². The van der Waals surface area contributed by atoms with Crippen LogP contribution in [0.15, 0.2) is 59.4 Å². The number of esters is 1. The lowest BCUT2D eigenvalue weighted by molar-refractivity contribution is 0.0505. The van der Waals surface area contributed by atoms with Crippen LogP contribution in [0.3, 0.4) is 0 Å². The molecule has 1 aromatic heterocycles. The molecule has 0 radical (unpaired) electrons. The molecule has 132 valence electrons. The van der Waals surface area contributed by atoms with Crippen molar-refractivity contribution in [1.29, 1.82) is 0 Å². The first-order chi connectivity index (χ1) is 12.7. The fourth-order valence-electron chi connectivity index (χ4n) is 2.32. The Hall–Kier alpha value is -3.48. The Kier molecular flexibility index (Phi) is 5.38. The van der Waals surface area contributed by atoms with Gasteiger partial charge in [-0.2, -0.15) is 0 Å². The number of nitrogens with one attached hydrogen (secondary N) is 2. The van der Waals surface area contributed by atoms with E-state index in [9.17, 15) is 9.59 Å². The second kappa shape index (κ2) is 8.06. The quantitative estimate of drug-likeness (QED) is 0.663. The summed E-state index contributed by atoms with van der Waals surface area (Å²) in [7, 11) is 0. The van der Waals surface area contributed by atoms with E-state index in [0.29, 0.717) is 23.4 Å². The molecule has 0 aliphatic heterocycles. The van der Waals surface area contributed by atoms with Gasteiger partial charge in [-0.1, -0.05) is 43.3 Å². The number of hydrogen-bond acceptors (Lipinski definition) is 6. The molecular formula is C19H18N4O3. The number of ether oxygens (including phenoxy) is 1. The molecule has 7 nitrogen and oxygen atoms in total. The summed E-state index contributed by atoms with van der Waals surface area (Å²) in [5.41, 5.74) is 1.58. The maximum absolute atomic E-state index is 12.3. The predicted molar refractivity (Wildman–Crippen MR) is 98.4 cm³/mol. The number of rotatable bonds is 6. The second-order valence-corrected chi connectivity index (χ2v) is 5.56. The fourth-order valence-corrected chi connectivity index (χ4v) is 2.32. The van der Waals surface area contributed by atoms with Gasteiger partial charge in [0.1, 0.15) is 0 Å². The SMILES string of the molecule is CCCOC(=O)c1cccc(Nc2nnc(-c3ccccc3)c(=O)[nH]2)c1. The Morgan fingerprint density at radius 1 is 1.12 bits per heavy atom. The standard InChI is InChI=1S/C19H18N4O3/c1-2-11-26-18(25)14-9-6-10-15(12-14)20-19-21-17(24)16(22-23-19)13-7-4-3-5-8-13/h3-10,12H,2,11H2,1H3,(H2,20,21,23,24). The van der Waals surface area contributed by atoms with Gasteiger partial charge in [-0.15, -0.1) is 10.2 Å². The Labute approximate surface area is 150 Å². The van der Waals surface area contributed by atoms with Crippen LogP contribution >= 0.6 is 0 Å². The molecule has 0 saturated heterocycles. The van der Waals surface area contributed by atoms with E-state index < -0.39 is 5.97 Å². The molecule has 7 heteroatoms. The van der Waals surface area contributed by atoms with E-state index in [1.807, 2.05) is 25.1 Å². The summed E-state index contributed by atoms with van der Waals surface area (Å²) in [6, 6.07) is 15.8. The third-order valence-electron chi connectivity index (χ3n) is 3.54. The van der Waals surface area contributed by atoms with Crippen molar-refractivity contribution in [1.82, 2.24) is 15.2 Å². The van der Waals surface area contributed by atoms with Gasteiger partial charge in [-0.05, 0) is 24.6 Å². The van der Waals surface area contributed by atoms with Crippen LogP contribution in [0.2, 0.25) is 0 Å². The lowest BCUT2D eigenvalue weighted by Crippen LogP contribution is -2.15. The van der Waals surface area contributed by atoms with Crippen LogP contribution in [0, 0.1) is 0 Å². The van der Waals surface area contributed by atoms with Crippen LogP contribution in [-0.2, 0) is 4.74 Å². The van der Waals surface area contributed by atoms with Crippen LogP contribution in [0.5, 0.6) is 0 Å². The van der Waals surface area contributed by atoms with Gasteiger partial charge in [0, 0.05) is 11.3 Å². The first kappa shape index (κ1) is 17.3. The van der Waals surface area contributed by atoms with E-state index in [1.165, 1.54) is 0 Å². The predicted octanol–water partition coefficient (Wildman–Crippen LogP) is 3.14. The molecule has 0 atom stereocenters. The molecule has 0 aliphatic carbocycles. The normalized spacial score (nSPS) is 10.3. The topological polar surface area (TPSA) is 97.0 Å². The largest absolute Gasteiger partial charge is 0.462 e. The van der Waals surface area contributed by atoms with Gasteiger partial charge in [0.25, 0.3) is 5.56 Å². The third-order valence-corrected chi connectivity index (χ3v) is 3.54. The number of anilines is 2. The highest BCUT2D eigenvalue weighted by molar-refractivity contribution is 5.90. The number of nitrogens with zero attached hydrogens (tertiary/aromatic N) is 2. The van der Waals surface area contributed by atoms with E-state index in [-0.39, 0.29) is 17.2 Å². The lowest BCUT2D eigenvalue weighted by Gasteiger charge is -2.08. The highest BCUT2D eigenvalue weighted by Gasteiger charge is 2.10. The number of benzene rings is 2. The Balaban J connectivity index is 1.78. The second-order valence-electron chi connectivity index (χ2n) is 5.56. The van der Waals surface area contributed by atoms with Crippen LogP contribution in [0.4, 0.5) is 11.6 Å². The summed E-state index contributed by atoms with van der Waals surface area (Å²) in [5.74, 6) is -0.205. The Morgan fingerprint density at radius 2 is 1.92 bits per heavy atom. The zero-order valence-electron chi connectivity index (χ0n) is 14.2. The van der Waals surface area contributed by atoms with Crippen LogP contribution < -0.4 is 10.9 Å². The molecule has 0 amide bonds. The van der Waals surface area contributed by atoms with Gasteiger partial charge < -0.3 is 10.1 Å². The van der Waals surface area contributed by atoms with E-state index in [4.69, 9.17) is 4.74 Å². The minimum atomic E-state index is -0.394. The number of carbonyl (C=O) groups excluding carboxylic acids is 1.